The average Bonchev–Trinajstić information content (AvgIpc) is 2.26. The van der Waals surface area contributed by atoms with Gasteiger partial charge in [0.15, 0.2) is 0 Å². The highest BCUT2D eigenvalue weighted by atomic mass is 35.5. The third-order valence-corrected chi connectivity index (χ3v) is 3.01. The Labute approximate surface area is 107 Å². The molecule has 0 aliphatic rings. The Morgan fingerprint density at radius 2 is 1.82 bits per heavy atom. The Kier molecular flexibility index (Phi) is 4.42. The van der Waals surface area contributed by atoms with Crippen LogP contribution in [0, 0.1) is 0 Å². The molecule has 0 fully saturated rings. The first-order valence-corrected chi connectivity index (χ1v) is 6.06. The lowest BCUT2D eigenvalue weighted by Gasteiger charge is -2.23. The molecular formula is C13H19ClO3. The fourth-order valence-corrected chi connectivity index (χ4v) is 1.81. The summed E-state index contributed by atoms with van der Waals surface area (Å²) in [4.78, 5) is 0. The van der Waals surface area contributed by atoms with Crippen molar-refractivity contribution in [3.8, 4) is 5.75 Å². The van der Waals surface area contributed by atoms with Gasteiger partial charge in [0.25, 0.3) is 0 Å². The molecule has 0 aliphatic carbocycles. The molecule has 3 nitrogen and oxygen atoms in total. The highest BCUT2D eigenvalue weighted by Crippen LogP contribution is 2.33. The standard InChI is InChI=1S/C13H19ClO3/c1-13(2,3)9-6-8(4-5-10(9)15)12(17)11(16)7-14/h4-6,11-12,15-17H,7H2,1-3H3. The summed E-state index contributed by atoms with van der Waals surface area (Å²) in [7, 11) is 0. The van der Waals surface area contributed by atoms with Gasteiger partial charge in [-0.3, -0.25) is 0 Å². The van der Waals surface area contributed by atoms with Gasteiger partial charge in [-0.15, -0.1) is 11.6 Å². The van der Waals surface area contributed by atoms with Crippen molar-refractivity contribution in [1.29, 1.82) is 0 Å². The van der Waals surface area contributed by atoms with Crippen LogP contribution in [-0.2, 0) is 5.41 Å². The van der Waals surface area contributed by atoms with Crippen LogP contribution in [0.5, 0.6) is 5.75 Å². The van der Waals surface area contributed by atoms with Crippen molar-refractivity contribution in [2.75, 3.05) is 5.88 Å². The largest absolute Gasteiger partial charge is 0.508 e. The predicted molar refractivity (Wildman–Crippen MR) is 68.5 cm³/mol. The van der Waals surface area contributed by atoms with Crippen molar-refractivity contribution in [2.45, 2.75) is 38.4 Å². The topological polar surface area (TPSA) is 60.7 Å². The minimum atomic E-state index is -1.03. The van der Waals surface area contributed by atoms with E-state index in [4.69, 9.17) is 11.6 Å². The number of phenolic OH excluding ortho intramolecular Hbond substituents is 1. The van der Waals surface area contributed by atoms with Gasteiger partial charge < -0.3 is 15.3 Å². The first kappa shape index (κ1) is 14.3. The maximum Gasteiger partial charge on any atom is 0.119 e. The third-order valence-electron chi connectivity index (χ3n) is 2.69. The molecule has 0 aliphatic heterocycles. The van der Waals surface area contributed by atoms with Gasteiger partial charge in [-0.25, -0.2) is 0 Å². The molecular weight excluding hydrogens is 240 g/mol. The van der Waals surface area contributed by atoms with Crippen molar-refractivity contribution in [1.82, 2.24) is 0 Å². The zero-order chi connectivity index (χ0) is 13.2. The van der Waals surface area contributed by atoms with Crippen molar-refractivity contribution in [2.24, 2.45) is 0 Å². The van der Waals surface area contributed by atoms with E-state index in [9.17, 15) is 15.3 Å². The van der Waals surface area contributed by atoms with Crippen molar-refractivity contribution in [3.05, 3.63) is 29.3 Å². The Morgan fingerprint density at radius 3 is 2.29 bits per heavy atom. The van der Waals surface area contributed by atoms with Crippen molar-refractivity contribution in [3.63, 3.8) is 0 Å². The van der Waals surface area contributed by atoms with Crippen molar-refractivity contribution >= 4 is 11.6 Å². The summed E-state index contributed by atoms with van der Waals surface area (Å²) in [5.74, 6) is 0.154. The van der Waals surface area contributed by atoms with Crippen LogP contribution >= 0.6 is 11.6 Å². The van der Waals surface area contributed by atoms with E-state index in [2.05, 4.69) is 0 Å². The summed E-state index contributed by atoms with van der Waals surface area (Å²) in [6, 6.07) is 4.82. The quantitative estimate of drug-likeness (QED) is 0.730. The lowest BCUT2D eigenvalue weighted by molar-refractivity contribution is 0.0326. The first-order chi connectivity index (χ1) is 7.77. The molecule has 0 amide bonds. The zero-order valence-electron chi connectivity index (χ0n) is 10.3. The van der Waals surface area contributed by atoms with E-state index in [0.717, 1.165) is 5.56 Å². The molecule has 0 heterocycles. The fourth-order valence-electron chi connectivity index (χ4n) is 1.64. The Hall–Kier alpha value is -0.770. The van der Waals surface area contributed by atoms with Crippen LogP contribution in [0.15, 0.2) is 18.2 Å². The summed E-state index contributed by atoms with van der Waals surface area (Å²) >= 11 is 5.50. The summed E-state index contributed by atoms with van der Waals surface area (Å²) in [5.41, 5.74) is 1.06. The highest BCUT2D eigenvalue weighted by Gasteiger charge is 2.22. The smallest absolute Gasteiger partial charge is 0.119 e. The molecule has 0 saturated heterocycles. The number of aromatic hydroxyl groups is 1. The van der Waals surface area contributed by atoms with Gasteiger partial charge in [-0.1, -0.05) is 26.8 Å². The Bertz CT molecular complexity index is 385. The molecule has 0 radical (unpaired) electrons. The number of alkyl halides is 1. The average molecular weight is 259 g/mol. The van der Waals surface area contributed by atoms with Crippen LogP contribution < -0.4 is 0 Å². The lowest BCUT2D eigenvalue weighted by atomic mass is 9.84. The van der Waals surface area contributed by atoms with E-state index in [1.54, 1.807) is 12.1 Å². The van der Waals surface area contributed by atoms with Gasteiger partial charge in [0.1, 0.15) is 11.9 Å². The second kappa shape index (κ2) is 5.25. The molecule has 1 aromatic rings. The van der Waals surface area contributed by atoms with Crippen LogP contribution in [-0.4, -0.2) is 27.3 Å². The van der Waals surface area contributed by atoms with E-state index in [1.807, 2.05) is 20.8 Å². The molecule has 96 valence electrons. The highest BCUT2D eigenvalue weighted by molar-refractivity contribution is 6.18. The molecule has 3 N–H and O–H groups in total. The number of aliphatic hydroxyl groups excluding tert-OH is 2. The zero-order valence-corrected chi connectivity index (χ0v) is 11.1. The molecule has 17 heavy (non-hydrogen) atoms. The fraction of sp³-hybridized carbons (Fsp3) is 0.538. The van der Waals surface area contributed by atoms with E-state index >= 15 is 0 Å². The molecule has 0 saturated carbocycles. The molecule has 2 atom stereocenters. The van der Waals surface area contributed by atoms with Gasteiger partial charge in [-0.05, 0) is 28.7 Å². The maximum absolute atomic E-state index is 9.85. The number of rotatable bonds is 3. The summed E-state index contributed by atoms with van der Waals surface area (Å²) < 4.78 is 0. The maximum atomic E-state index is 9.85. The van der Waals surface area contributed by atoms with Crippen LogP contribution in [0.3, 0.4) is 0 Å². The van der Waals surface area contributed by atoms with Gasteiger partial charge in [0.05, 0.1) is 12.0 Å². The molecule has 2 unspecified atom stereocenters. The molecule has 0 aromatic heterocycles. The minimum absolute atomic E-state index is 0.0348. The second-order valence-corrected chi connectivity index (χ2v) is 5.50. The lowest BCUT2D eigenvalue weighted by Crippen LogP contribution is -2.20. The Morgan fingerprint density at radius 1 is 1.24 bits per heavy atom. The summed E-state index contributed by atoms with van der Waals surface area (Å²) in [5, 5.41) is 29.1. The van der Waals surface area contributed by atoms with E-state index in [0.29, 0.717) is 5.56 Å². The van der Waals surface area contributed by atoms with Crippen LogP contribution in [0.4, 0.5) is 0 Å². The second-order valence-electron chi connectivity index (χ2n) is 5.19. The summed E-state index contributed by atoms with van der Waals surface area (Å²) in [6.45, 7) is 5.91. The molecule has 1 rings (SSSR count). The van der Waals surface area contributed by atoms with Gasteiger partial charge in [0.2, 0.25) is 0 Å². The molecule has 0 bridgehead atoms. The van der Waals surface area contributed by atoms with Crippen LogP contribution in [0.2, 0.25) is 0 Å². The van der Waals surface area contributed by atoms with Crippen LogP contribution in [0.1, 0.15) is 38.0 Å². The normalized spacial score (nSPS) is 15.6. The van der Waals surface area contributed by atoms with Gasteiger partial charge in [0, 0.05) is 0 Å². The number of aliphatic hydroxyl groups is 2. The number of benzene rings is 1. The van der Waals surface area contributed by atoms with E-state index < -0.39 is 12.2 Å². The summed E-state index contributed by atoms with van der Waals surface area (Å²) in [6.07, 6.45) is -2.04. The van der Waals surface area contributed by atoms with Gasteiger partial charge in [-0.2, -0.15) is 0 Å². The predicted octanol–water partition coefficient (Wildman–Crippen LogP) is 2.32. The Balaban J connectivity index is 3.13. The third kappa shape index (κ3) is 3.35. The monoisotopic (exact) mass is 258 g/mol. The molecule has 1 aromatic carbocycles. The minimum Gasteiger partial charge on any atom is -0.508 e. The van der Waals surface area contributed by atoms with E-state index in [-0.39, 0.29) is 17.0 Å². The van der Waals surface area contributed by atoms with Crippen LogP contribution in [0.25, 0.3) is 0 Å². The number of halogens is 1. The number of hydrogen-bond donors (Lipinski definition) is 3. The van der Waals surface area contributed by atoms with Crippen molar-refractivity contribution < 1.29 is 15.3 Å². The first-order valence-electron chi connectivity index (χ1n) is 5.53. The van der Waals surface area contributed by atoms with Gasteiger partial charge >= 0.3 is 0 Å². The molecule has 4 heteroatoms. The SMILES string of the molecule is CC(C)(C)c1cc(C(O)C(O)CCl)ccc1O. The molecule has 0 spiro atoms. The van der Waals surface area contributed by atoms with E-state index in [1.165, 1.54) is 6.07 Å². The number of hydrogen-bond acceptors (Lipinski definition) is 3. The number of phenols is 1.